The van der Waals surface area contributed by atoms with E-state index in [-0.39, 0.29) is 30.1 Å². The fraction of sp³-hybridized carbons (Fsp3) is 0.478. The van der Waals surface area contributed by atoms with Crippen molar-refractivity contribution in [1.29, 1.82) is 0 Å². The molecule has 4 rings (SSSR count). The summed E-state index contributed by atoms with van der Waals surface area (Å²) in [7, 11) is 1.57. The Balaban J connectivity index is 1.34. The Kier molecular flexibility index (Phi) is 6.16. The SMILES string of the molecule is COc1ccc(C)cc1N1CC(C(=O)N2CCC(C(=O)Nc3cc(C)on3)CC2)CC1=O. The molecule has 32 heavy (non-hydrogen) atoms. The molecule has 3 amide bonds. The minimum absolute atomic E-state index is 0.0292. The van der Waals surface area contributed by atoms with Gasteiger partial charge in [-0.2, -0.15) is 0 Å². The Morgan fingerprint density at radius 2 is 1.91 bits per heavy atom. The molecule has 1 aromatic heterocycles. The highest BCUT2D eigenvalue weighted by atomic mass is 16.5. The van der Waals surface area contributed by atoms with E-state index >= 15 is 0 Å². The van der Waals surface area contributed by atoms with Crippen LogP contribution in [-0.2, 0) is 14.4 Å². The highest BCUT2D eigenvalue weighted by Gasteiger charge is 2.39. The summed E-state index contributed by atoms with van der Waals surface area (Å²) in [6, 6.07) is 7.34. The first kappa shape index (κ1) is 21.9. The second kappa shape index (κ2) is 9.02. The van der Waals surface area contributed by atoms with Gasteiger partial charge in [0, 0.05) is 38.0 Å². The summed E-state index contributed by atoms with van der Waals surface area (Å²) >= 11 is 0. The van der Waals surface area contributed by atoms with E-state index in [1.807, 2.05) is 25.1 Å². The molecule has 2 aromatic rings. The fourth-order valence-electron chi connectivity index (χ4n) is 4.39. The normalized spacial score (nSPS) is 19.3. The molecular weight excluding hydrogens is 412 g/mol. The van der Waals surface area contributed by atoms with Gasteiger partial charge in [-0.3, -0.25) is 14.4 Å². The van der Waals surface area contributed by atoms with Crippen molar-refractivity contribution < 1.29 is 23.6 Å². The van der Waals surface area contributed by atoms with Gasteiger partial charge < -0.3 is 24.4 Å². The third-order valence-corrected chi connectivity index (χ3v) is 6.16. The Bertz CT molecular complexity index is 1030. The van der Waals surface area contributed by atoms with Crippen molar-refractivity contribution in [3.8, 4) is 5.75 Å². The van der Waals surface area contributed by atoms with Crippen molar-refractivity contribution in [2.24, 2.45) is 11.8 Å². The van der Waals surface area contributed by atoms with Gasteiger partial charge in [0.15, 0.2) is 5.82 Å². The number of likely N-dealkylation sites (tertiary alicyclic amines) is 1. The number of methoxy groups -OCH3 is 1. The molecule has 0 spiro atoms. The quantitative estimate of drug-likeness (QED) is 0.766. The topological polar surface area (TPSA) is 105 Å². The maximum Gasteiger partial charge on any atom is 0.228 e. The molecule has 2 saturated heterocycles. The van der Waals surface area contributed by atoms with E-state index in [4.69, 9.17) is 9.26 Å². The number of aromatic nitrogens is 1. The first-order valence-corrected chi connectivity index (χ1v) is 10.8. The van der Waals surface area contributed by atoms with Crippen LogP contribution in [0.2, 0.25) is 0 Å². The van der Waals surface area contributed by atoms with Gasteiger partial charge in [-0.05, 0) is 44.4 Å². The summed E-state index contributed by atoms with van der Waals surface area (Å²) in [5.41, 5.74) is 1.72. The van der Waals surface area contributed by atoms with Crippen LogP contribution >= 0.6 is 0 Å². The number of carbonyl (C=O) groups is 3. The fourth-order valence-corrected chi connectivity index (χ4v) is 4.39. The molecule has 0 bridgehead atoms. The number of nitrogens with zero attached hydrogens (tertiary/aromatic N) is 3. The molecule has 2 fully saturated rings. The monoisotopic (exact) mass is 440 g/mol. The van der Waals surface area contributed by atoms with Crippen LogP contribution in [-0.4, -0.2) is 54.5 Å². The van der Waals surface area contributed by atoms with Gasteiger partial charge in [0.2, 0.25) is 17.7 Å². The molecular formula is C23H28N4O5. The Hall–Kier alpha value is -3.36. The highest BCUT2D eigenvalue weighted by Crippen LogP contribution is 2.34. The smallest absolute Gasteiger partial charge is 0.228 e. The van der Waals surface area contributed by atoms with Gasteiger partial charge in [-0.1, -0.05) is 11.2 Å². The summed E-state index contributed by atoms with van der Waals surface area (Å²) < 4.78 is 10.4. The van der Waals surface area contributed by atoms with E-state index in [0.29, 0.717) is 55.5 Å². The summed E-state index contributed by atoms with van der Waals surface area (Å²) in [6.07, 6.45) is 1.33. The molecule has 9 heteroatoms. The van der Waals surface area contributed by atoms with Crippen LogP contribution in [0.15, 0.2) is 28.8 Å². The minimum Gasteiger partial charge on any atom is -0.495 e. The number of aryl methyl sites for hydroxylation is 2. The predicted molar refractivity (Wildman–Crippen MR) is 117 cm³/mol. The average Bonchev–Trinajstić information content (AvgIpc) is 3.38. The molecule has 0 radical (unpaired) electrons. The maximum absolute atomic E-state index is 13.1. The summed E-state index contributed by atoms with van der Waals surface area (Å²) in [5, 5.41) is 6.55. The minimum atomic E-state index is -0.392. The van der Waals surface area contributed by atoms with E-state index in [0.717, 1.165) is 5.56 Å². The molecule has 1 unspecified atom stereocenters. The van der Waals surface area contributed by atoms with Gasteiger partial charge >= 0.3 is 0 Å². The molecule has 2 aliphatic heterocycles. The second-order valence-electron chi connectivity index (χ2n) is 8.49. The Morgan fingerprint density at radius 1 is 1.16 bits per heavy atom. The summed E-state index contributed by atoms with van der Waals surface area (Å²) in [5.74, 6) is 0.852. The van der Waals surface area contributed by atoms with Crippen LogP contribution in [0.25, 0.3) is 0 Å². The number of anilines is 2. The highest BCUT2D eigenvalue weighted by molar-refractivity contribution is 6.01. The standard InChI is InChI=1S/C23H28N4O5/c1-14-4-5-19(31-3)18(10-14)27-13-17(12-21(27)28)23(30)26-8-6-16(7-9-26)22(29)24-20-11-15(2)32-25-20/h4-5,10-11,16-17H,6-9,12-13H2,1-3H3,(H,24,25,29). The molecule has 2 aliphatic rings. The molecule has 9 nitrogen and oxygen atoms in total. The molecule has 170 valence electrons. The number of hydrogen-bond acceptors (Lipinski definition) is 6. The third-order valence-electron chi connectivity index (χ3n) is 6.16. The van der Waals surface area contributed by atoms with Crippen molar-refractivity contribution in [2.45, 2.75) is 33.1 Å². The van der Waals surface area contributed by atoms with Crippen molar-refractivity contribution in [3.05, 3.63) is 35.6 Å². The van der Waals surface area contributed by atoms with Gasteiger partial charge in [-0.15, -0.1) is 0 Å². The third kappa shape index (κ3) is 4.46. The van der Waals surface area contributed by atoms with Crippen molar-refractivity contribution in [1.82, 2.24) is 10.1 Å². The second-order valence-corrected chi connectivity index (χ2v) is 8.49. The van der Waals surface area contributed by atoms with Gasteiger partial charge in [0.1, 0.15) is 11.5 Å². The number of benzene rings is 1. The average molecular weight is 441 g/mol. The molecule has 0 aliphatic carbocycles. The predicted octanol–water partition coefficient (Wildman–Crippen LogP) is 2.53. The van der Waals surface area contributed by atoms with Crippen molar-refractivity contribution in [3.63, 3.8) is 0 Å². The Morgan fingerprint density at radius 3 is 2.56 bits per heavy atom. The van der Waals surface area contributed by atoms with Gasteiger partial charge in [0.25, 0.3) is 0 Å². The molecule has 3 heterocycles. The number of hydrogen-bond donors (Lipinski definition) is 1. The maximum atomic E-state index is 13.1. The van der Waals surface area contributed by atoms with E-state index in [2.05, 4.69) is 10.5 Å². The van der Waals surface area contributed by atoms with Crippen LogP contribution < -0.4 is 15.0 Å². The molecule has 0 saturated carbocycles. The zero-order chi connectivity index (χ0) is 22.8. The summed E-state index contributed by atoms with van der Waals surface area (Å²) in [6.45, 7) is 5.04. The molecule has 1 atom stereocenters. The number of amides is 3. The first-order chi connectivity index (χ1) is 15.4. The first-order valence-electron chi connectivity index (χ1n) is 10.8. The van der Waals surface area contributed by atoms with Crippen molar-refractivity contribution in [2.75, 3.05) is 37.0 Å². The van der Waals surface area contributed by atoms with E-state index < -0.39 is 5.92 Å². The van der Waals surface area contributed by atoms with E-state index in [9.17, 15) is 14.4 Å². The molecule has 1 N–H and O–H groups in total. The number of nitrogens with one attached hydrogen (secondary N) is 1. The van der Waals surface area contributed by atoms with E-state index in [1.165, 1.54) is 0 Å². The van der Waals surface area contributed by atoms with Crippen LogP contribution in [0.1, 0.15) is 30.6 Å². The van der Waals surface area contributed by atoms with Crippen molar-refractivity contribution >= 4 is 29.2 Å². The number of carbonyl (C=O) groups excluding carboxylic acids is 3. The zero-order valence-corrected chi connectivity index (χ0v) is 18.6. The van der Waals surface area contributed by atoms with Gasteiger partial charge in [0.05, 0.1) is 18.7 Å². The van der Waals surface area contributed by atoms with Crippen LogP contribution in [0.3, 0.4) is 0 Å². The van der Waals surface area contributed by atoms with Crippen LogP contribution in [0.4, 0.5) is 11.5 Å². The lowest BCUT2D eigenvalue weighted by molar-refractivity contribution is -0.138. The van der Waals surface area contributed by atoms with Crippen LogP contribution in [0, 0.1) is 25.7 Å². The number of ether oxygens (including phenoxy) is 1. The zero-order valence-electron chi connectivity index (χ0n) is 18.6. The molecule has 1 aromatic carbocycles. The summed E-state index contributed by atoms with van der Waals surface area (Å²) in [4.78, 5) is 41.7. The lowest BCUT2D eigenvalue weighted by atomic mass is 9.94. The Labute approximate surface area is 186 Å². The van der Waals surface area contributed by atoms with E-state index in [1.54, 1.807) is 29.9 Å². The lowest BCUT2D eigenvalue weighted by Crippen LogP contribution is -2.44. The van der Waals surface area contributed by atoms with Gasteiger partial charge in [-0.25, -0.2) is 0 Å². The lowest BCUT2D eigenvalue weighted by Gasteiger charge is -2.32. The largest absolute Gasteiger partial charge is 0.495 e. The number of rotatable bonds is 5. The number of piperidine rings is 1. The van der Waals surface area contributed by atoms with Crippen LogP contribution in [0.5, 0.6) is 5.75 Å².